The summed E-state index contributed by atoms with van der Waals surface area (Å²) < 4.78 is 13.7. The van der Waals surface area contributed by atoms with Gasteiger partial charge >= 0.3 is 0 Å². The number of nitrogens with zero attached hydrogens (tertiary/aromatic N) is 1. The van der Waals surface area contributed by atoms with Crippen LogP contribution in [0.1, 0.15) is 36.8 Å². The van der Waals surface area contributed by atoms with Crippen molar-refractivity contribution in [3.8, 4) is 0 Å². The molecule has 5 heteroatoms. The maximum Gasteiger partial charge on any atom is 0.260 e. The fraction of sp³-hybridized carbons (Fsp3) is 0.250. The number of pyridine rings is 1. The van der Waals surface area contributed by atoms with Crippen LogP contribution in [0.3, 0.4) is 0 Å². The van der Waals surface area contributed by atoms with Crippen LogP contribution in [0.25, 0.3) is 0 Å². The van der Waals surface area contributed by atoms with Gasteiger partial charge < -0.3 is 5.32 Å². The molecular formula is C16H16ClFN2O. The minimum atomic E-state index is -0.648. The second-order valence-corrected chi connectivity index (χ2v) is 6.14. The van der Waals surface area contributed by atoms with E-state index >= 15 is 0 Å². The minimum absolute atomic E-state index is 0.0811. The van der Waals surface area contributed by atoms with Gasteiger partial charge in [0, 0.05) is 23.0 Å². The Hall–Kier alpha value is -1.94. The average molecular weight is 307 g/mol. The van der Waals surface area contributed by atoms with E-state index in [0.29, 0.717) is 5.69 Å². The van der Waals surface area contributed by atoms with Crippen LogP contribution in [0, 0.1) is 5.82 Å². The van der Waals surface area contributed by atoms with Gasteiger partial charge in [0.15, 0.2) is 0 Å². The van der Waals surface area contributed by atoms with Crippen molar-refractivity contribution in [1.29, 1.82) is 0 Å². The molecule has 0 aliphatic carbocycles. The lowest BCUT2D eigenvalue weighted by Gasteiger charge is -2.18. The molecule has 0 fully saturated rings. The number of anilines is 1. The highest BCUT2D eigenvalue weighted by atomic mass is 35.5. The normalized spacial score (nSPS) is 11.3. The summed E-state index contributed by atoms with van der Waals surface area (Å²) in [6.45, 7) is 6.07. The molecule has 3 nitrogen and oxygen atoms in total. The number of carbonyl (C=O) groups is 1. The van der Waals surface area contributed by atoms with Crippen LogP contribution < -0.4 is 5.32 Å². The van der Waals surface area contributed by atoms with Gasteiger partial charge in [0.05, 0.1) is 10.6 Å². The summed E-state index contributed by atoms with van der Waals surface area (Å²) in [6, 6.07) is 7.56. The molecule has 1 N–H and O–H groups in total. The zero-order valence-corrected chi connectivity index (χ0v) is 12.8. The first-order valence-electron chi connectivity index (χ1n) is 6.51. The Morgan fingerprint density at radius 2 is 2.00 bits per heavy atom. The zero-order chi connectivity index (χ0) is 15.6. The fourth-order valence-electron chi connectivity index (χ4n) is 1.83. The van der Waals surface area contributed by atoms with E-state index in [4.69, 9.17) is 11.6 Å². The van der Waals surface area contributed by atoms with Gasteiger partial charge in [-0.15, -0.1) is 0 Å². The van der Waals surface area contributed by atoms with Crippen LogP contribution in [-0.4, -0.2) is 10.9 Å². The van der Waals surface area contributed by atoms with Gasteiger partial charge in [-0.1, -0.05) is 38.4 Å². The number of carbonyl (C=O) groups excluding carboxylic acids is 1. The van der Waals surface area contributed by atoms with E-state index in [0.717, 1.165) is 5.69 Å². The standard InChI is InChI=1S/C16H16ClFN2O/c1-16(2,3)13-9-10(7-8-19-13)20-15(21)14-11(17)5-4-6-12(14)18/h4-9H,1-3H3,(H,19,20,21). The highest BCUT2D eigenvalue weighted by Crippen LogP contribution is 2.24. The van der Waals surface area contributed by atoms with Crippen molar-refractivity contribution in [3.63, 3.8) is 0 Å². The molecule has 0 saturated carbocycles. The van der Waals surface area contributed by atoms with Crippen molar-refractivity contribution in [2.45, 2.75) is 26.2 Å². The molecule has 1 amide bonds. The molecule has 0 atom stereocenters. The van der Waals surface area contributed by atoms with E-state index in [2.05, 4.69) is 10.3 Å². The molecular weight excluding hydrogens is 291 g/mol. The molecule has 1 aromatic heterocycles. The topological polar surface area (TPSA) is 42.0 Å². The number of rotatable bonds is 2. The van der Waals surface area contributed by atoms with Crippen molar-refractivity contribution < 1.29 is 9.18 Å². The van der Waals surface area contributed by atoms with Gasteiger partial charge in [0.2, 0.25) is 0 Å². The Kier molecular flexibility index (Phi) is 4.28. The van der Waals surface area contributed by atoms with Crippen LogP contribution in [0.2, 0.25) is 5.02 Å². The minimum Gasteiger partial charge on any atom is -0.322 e. The molecule has 0 bridgehead atoms. The lowest BCUT2D eigenvalue weighted by molar-refractivity contribution is 0.102. The van der Waals surface area contributed by atoms with Crippen molar-refractivity contribution in [2.24, 2.45) is 0 Å². The summed E-state index contributed by atoms with van der Waals surface area (Å²) in [7, 11) is 0. The number of hydrogen-bond donors (Lipinski definition) is 1. The average Bonchev–Trinajstić information content (AvgIpc) is 2.37. The van der Waals surface area contributed by atoms with Crippen molar-refractivity contribution in [3.05, 3.63) is 58.6 Å². The second kappa shape index (κ2) is 5.82. The largest absolute Gasteiger partial charge is 0.322 e. The lowest BCUT2D eigenvalue weighted by atomic mass is 9.91. The molecule has 0 radical (unpaired) electrons. The molecule has 0 aliphatic rings. The first-order valence-corrected chi connectivity index (χ1v) is 6.89. The molecule has 0 spiro atoms. The third-order valence-electron chi connectivity index (χ3n) is 2.98. The number of amides is 1. The number of benzene rings is 1. The molecule has 0 saturated heterocycles. The van der Waals surface area contributed by atoms with Gasteiger partial charge in [-0.2, -0.15) is 0 Å². The van der Waals surface area contributed by atoms with Gasteiger partial charge in [-0.3, -0.25) is 9.78 Å². The number of halogens is 2. The number of hydrogen-bond acceptors (Lipinski definition) is 2. The van der Waals surface area contributed by atoms with E-state index in [-0.39, 0.29) is 16.0 Å². The zero-order valence-electron chi connectivity index (χ0n) is 12.1. The second-order valence-electron chi connectivity index (χ2n) is 5.73. The van der Waals surface area contributed by atoms with E-state index in [1.165, 1.54) is 18.2 Å². The fourth-order valence-corrected chi connectivity index (χ4v) is 2.08. The monoisotopic (exact) mass is 306 g/mol. The highest BCUT2D eigenvalue weighted by molar-refractivity contribution is 6.34. The summed E-state index contributed by atoms with van der Waals surface area (Å²) in [5.41, 5.74) is 1.09. The van der Waals surface area contributed by atoms with Gasteiger partial charge in [0.1, 0.15) is 5.82 Å². The maximum atomic E-state index is 13.7. The molecule has 1 aromatic carbocycles. The predicted octanol–water partition coefficient (Wildman–Crippen LogP) is 4.42. The Labute approximate surface area is 128 Å². The first kappa shape index (κ1) is 15.4. The number of aromatic nitrogens is 1. The molecule has 21 heavy (non-hydrogen) atoms. The summed E-state index contributed by atoms with van der Waals surface area (Å²) >= 11 is 5.88. The Bertz CT molecular complexity index is 660. The van der Waals surface area contributed by atoms with Crippen LogP contribution in [0.4, 0.5) is 10.1 Å². The lowest BCUT2D eigenvalue weighted by Crippen LogP contribution is -2.17. The van der Waals surface area contributed by atoms with Crippen LogP contribution in [-0.2, 0) is 5.41 Å². The molecule has 0 aliphatic heterocycles. The Morgan fingerprint density at radius 1 is 1.29 bits per heavy atom. The first-order chi connectivity index (χ1) is 9.79. The molecule has 0 unspecified atom stereocenters. The number of nitrogens with one attached hydrogen (secondary N) is 1. The molecule has 2 rings (SSSR count). The van der Waals surface area contributed by atoms with Gasteiger partial charge in [0.25, 0.3) is 5.91 Å². The van der Waals surface area contributed by atoms with Crippen LogP contribution in [0.5, 0.6) is 0 Å². The molecule has 110 valence electrons. The maximum absolute atomic E-state index is 13.7. The third-order valence-corrected chi connectivity index (χ3v) is 3.29. The quantitative estimate of drug-likeness (QED) is 0.892. The summed E-state index contributed by atoms with van der Waals surface area (Å²) in [6.07, 6.45) is 1.61. The highest BCUT2D eigenvalue weighted by Gasteiger charge is 2.18. The summed E-state index contributed by atoms with van der Waals surface area (Å²) in [5.74, 6) is -1.23. The van der Waals surface area contributed by atoms with Crippen LogP contribution >= 0.6 is 11.6 Å². The van der Waals surface area contributed by atoms with E-state index in [9.17, 15) is 9.18 Å². The van der Waals surface area contributed by atoms with E-state index in [1.807, 2.05) is 20.8 Å². The van der Waals surface area contributed by atoms with E-state index < -0.39 is 11.7 Å². The van der Waals surface area contributed by atoms with Crippen molar-refractivity contribution >= 4 is 23.2 Å². The summed E-state index contributed by atoms with van der Waals surface area (Å²) in [4.78, 5) is 16.4. The van der Waals surface area contributed by atoms with Crippen molar-refractivity contribution in [2.75, 3.05) is 5.32 Å². The van der Waals surface area contributed by atoms with E-state index in [1.54, 1.807) is 18.3 Å². The van der Waals surface area contributed by atoms with Gasteiger partial charge in [-0.05, 0) is 24.3 Å². The predicted molar refractivity (Wildman–Crippen MR) is 82.3 cm³/mol. The molecule has 1 heterocycles. The molecule has 2 aromatic rings. The Morgan fingerprint density at radius 3 is 2.62 bits per heavy atom. The van der Waals surface area contributed by atoms with Crippen molar-refractivity contribution in [1.82, 2.24) is 4.98 Å². The third kappa shape index (κ3) is 3.58. The smallest absolute Gasteiger partial charge is 0.260 e. The van der Waals surface area contributed by atoms with Crippen LogP contribution in [0.15, 0.2) is 36.5 Å². The van der Waals surface area contributed by atoms with Gasteiger partial charge in [-0.25, -0.2) is 4.39 Å². The summed E-state index contributed by atoms with van der Waals surface area (Å²) in [5, 5.41) is 2.73. The SMILES string of the molecule is CC(C)(C)c1cc(NC(=O)c2c(F)cccc2Cl)ccn1. The Balaban J connectivity index is 2.28.